The van der Waals surface area contributed by atoms with Gasteiger partial charge in [-0.3, -0.25) is 9.69 Å². The number of hydrogen-bond acceptors (Lipinski definition) is 7. The number of fused-ring (bicyclic) bond motifs is 3. The molecule has 186 valence electrons. The molecule has 0 saturated carbocycles. The monoisotopic (exact) mass is 493 g/mol. The van der Waals surface area contributed by atoms with E-state index in [1.807, 2.05) is 54.3 Å². The fourth-order valence-corrected chi connectivity index (χ4v) is 6.28. The highest BCUT2D eigenvalue weighted by Crippen LogP contribution is 2.38. The van der Waals surface area contributed by atoms with Crippen LogP contribution in [0.4, 0.5) is 5.82 Å². The van der Waals surface area contributed by atoms with Gasteiger partial charge in [0.1, 0.15) is 16.5 Å². The fraction of sp³-hybridized carbons (Fsp3) is 0.519. The Labute approximate surface area is 211 Å². The van der Waals surface area contributed by atoms with Crippen LogP contribution in [0.3, 0.4) is 0 Å². The van der Waals surface area contributed by atoms with Gasteiger partial charge < -0.3 is 15.0 Å². The number of anilines is 1. The van der Waals surface area contributed by atoms with Gasteiger partial charge in [-0.2, -0.15) is 0 Å². The molecule has 0 bridgehead atoms. The number of aromatic nitrogens is 2. The molecular weight excluding hydrogens is 458 g/mol. The third kappa shape index (κ3) is 5.34. The van der Waals surface area contributed by atoms with Crippen LogP contribution in [0.5, 0.6) is 0 Å². The number of rotatable bonds is 8. The summed E-state index contributed by atoms with van der Waals surface area (Å²) in [5.41, 5.74) is 3.31. The summed E-state index contributed by atoms with van der Waals surface area (Å²) in [7, 11) is 0. The number of hydrogen-bond donors (Lipinski definition) is 1. The normalized spacial score (nSPS) is 16.3. The second kappa shape index (κ2) is 11.0. The van der Waals surface area contributed by atoms with Crippen molar-refractivity contribution in [2.24, 2.45) is 0 Å². The molecule has 1 amide bonds. The van der Waals surface area contributed by atoms with Crippen molar-refractivity contribution < 1.29 is 9.53 Å². The Balaban J connectivity index is 1.38. The van der Waals surface area contributed by atoms with Crippen molar-refractivity contribution in [1.29, 1.82) is 0 Å². The van der Waals surface area contributed by atoms with Gasteiger partial charge in [-0.25, -0.2) is 9.97 Å². The van der Waals surface area contributed by atoms with E-state index < -0.39 is 0 Å². The van der Waals surface area contributed by atoms with Crippen molar-refractivity contribution in [1.82, 2.24) is 19.8 Å². The summed E-state index contributed by atoms with van der Waals surface area (Å²) in [6, 6.07) is 7.95. The molecule has 35 heavy (non-hydrogen) atoms. The van der Waals surface area contributed by atoms with Crippen LogP contribution in [0.2, 0.25) is 0 Å². The number of morpholine rings is 1. The zero-order valence-electron chi connectivity index (χ0n) is 20.8. The molecule has 1 aliphatic heterocycles. The Hall–Kier alpha value is -2.55. The van der Waals surface area contributed by atoms with Crippen LogP contribution in [0.1, 0.15) is 58.9 Å². The Kier molecular flexibility index (Phi) is 7.60. The minimum absolute atomic E-state index is 0.0877. The van der Waals surface area contributed by atoms with E-state index >= 15 is 0 Å². The van der Waals surface area contributed by atoms with Crippen molar-refractivity contribution >= 4 is 33.3 Å². The highest BCUT2D eigenvalue weighted by Gasteiger charge is 2.22. The number of amides is 1. The topological polar surface area (TPSA) is 70.6 Å². The quantitative estimate of drug-likeness (QED) is 0.498. The lowest BCUT2D eigenvalue weighted by Crippen LogP contribution is -2.36. The van der Waals surface area contributed by atoms with E-state index in [1.165, 1.54) is 28.7 Å². The number of aryl methyl sites for hydroxylation is 2. The average molecular weight is 494 g/mol. The first-order valence-electron chi connectivity index (χ1n) is 12.9. The molecule has 0 unspecified atom stereocenters. The van der Waals surface area contributed by atoms with E-state index in [-0.39, 0.29) is 5.91 Å². The van der Waals surface area contributed by atoms with Crippen molar-refractivity contribution in [2.45, 2.75) is 52.6 Å². The number of ether oxygens (including phenoxy) is 1. The first-order valence-corrected chi connectivity index (χ1v) is 13.7. The molecule has 0 atom stereocenters. The maximum Gasteiger partial charge on any atom is 0.253 e. The van der Waals surface area contributed by atoms with E-state index in [9.17, 15) is 4.79 Å². The Morgan fingerprint density at radius 1 is 1.09 bits per heavy atom. The van der Waals surface area contributed by atoms with Gasteiger partial charge >= 0.3 is 0 Å². The van der Waals surface area contributed by atoms with Crippen LogP contribution in [0, 0.1) is 0 Å². The van der Waals surface area contributed by atoms with E-state index in [0.29, 0.717) is 6.54 Å². The third-order valence-electron chi connectivity index (χ3n) is 7.04. The fourth-order valence-electron chi connectivity index (χ4n) is 5.00. The van der Waals surface area contributed by atoms with Crippen LogP contribution in [-0.2, 0) is 30.7 Å². The van der Waals surface area contributed by atoms with Gasteiger partial charge in [0.15, 0.2) is 0 Å². The van der Waals surface area contributed by atoms with Crippen LogP contribution >= 0.6 is 11.3 Å². The van der Waals surface area contributed by atoms with Crippen molar-refractivity contribution in [3.63, 3.8) is 0 Å². The van der Waals surface area contributed by atoms with Gasteiger partial charge in [0.25, 0.3) is 5.91 Å². The molecule has 1 aromatic carbocycles. The molecule has 0 spiro atoms. The minimum atomic E-state index is 0.0877. The molecular formula is C27H35N5O2S. The lowest BCUT2D eigenvalue weighted by atomic mass is 9.97. The van der Waals surface area contributed by atoms with Gasteiger partial charge in [0.2, 0.25) is 0 Å². The summed E-state index contributed by atoms with van der Waals surface area (Å²) >= 11 is 1.85. The predicted octanol–water partition coefficient (Wildman–Crippen LogP) is 4.50. The standard InChI is InChI=1S/C27H35N5O2S/c1-3-32(4-2)27(33)20-11-9-19(10-12-20)17-28-25-24-21-7-5-6-8-22(21)35-26(24)30-23(29-25)18-31-13-15-34-16-14-31/h9-12H,3-8,13-18H2,1-2H3,(H,28,29,30). The molecule has 5 rings (SSSR count). The van der Waals surface area contributed by atoms with Crippen LogP contribution in [0.25, 0.3) is 10.2 Å². The van der Waals surface area contributed by atoms with Gasteiger partial charge in [-0.05, 0) is 62.8 Å². The minimum Gasteiger partial charge on any atom is -0.379 e. The van der Waals surface area contributed by atoms with Gasteiger partial charge in [0, 0.05) is 43.2 Å². The predicted molar refractivity (Wildman–Crippen MR) is 141 cm³/mol. The Morgan fingerprint density at radius 2 is 1.83 bits per heavy atom. The van der Waals surface area contributed by atoms with Gasteiger partial charge in [0.05, 0.1) is 25.1 Å². The molecule has 0 radical (unpaired) electrons. The van der Waals surface area contributed by atoms with Crippen molar-refractivity contribution in [2.75, 3.05) is 44.7 Å². The largest absolute Gasteiger partial charge is 0.379 e. The zero-order chi connectivity index (χ0) is 24.2. The number of carbonyl (C=O) groups excluding carboxylic acids is 1. The molecule has 1 saturated heterocycles. The summed E-state index contributed by atoms with van der Waals surface area (Å²) in [5, 5.41) is 4.84. The van der Waals surface area contributed by atoms with Crippen molar-refractivity contribution in [3.05, 3.63) is 51.7 Å². The van der Waals surface area contributed by atoms with E-state index in [0.717, 1.165) is 86.4 Å². The molecule has 1 aliphatic carbocycles. The molecule has 3 heterocycles. The van der Waals surface area contributed by atoms with Gasteiger partial charge in [-0.1, -0.05) is 12.1 Å². The number of carbonyl (C=O) groups is 1. The third-order valence-corrected chi connectivity index (χ3v) is 8.23. The number of thiophene rings is 1. The SMILES string of the molecule is CCN(CC)C(=O)c1ccc(CNc2nc(CN3CCOCC3)nc3sc4c(c23)CCCC4)cc1. The lowest BCUT2D eigenvalue weighted by molar-refractivity contribution is 0.0331. The number of nitrogens with one attached hydrogen (secondary N) is 1. The smallest absolute Gasteiger partial charge is 0.253 e. The Morgan fingerprint density at radius 3 is 2.57 bits per heavy atom. The van der Waals surface area contributed by atoms with Crippen LogP contribution < -0.4 is 5.32 Å². The maximum absolute atomic E-state index is 12.6. The first kappa shape index (κ1) is 24.2. The molecule has 2 aromatic heterocycles. The molecule has 1 N–H and O–H groups in total. The molecule has 2 aliphatic rings. The summed E-state index contributed by atoms with van der Waals surface area (Å²) in [5.74, 6) is 1.91. The second-order valence-electron chi connectivity index (χ2n) is 9.30. The van der Waals surface area contributed by atoms with E-state index in [1.54, 1.807) is 0 Å². The van der Waals surface area contributed by atoms with Crippen LogP contribution in [-0.4, -0.2) is 65.1 Å². The van der Waals surface area contributed by atoms with Crippen LogP contribution in [0.15, 0.2) is 24.3 Å². The summed E-state index contributed by atoms with van der Waals surface area (Å²) in [4.78, 5) is 29.5. The molecule has 1 fully saturated rings. The highest BCUT2D eigenvalue weighted by atomic mass is 32.1. The maximum atomic E-state index is 12.6. The summed E-state index contributed by atoms with van der Waals surface area (Å²) in [6.45, 7) is 10.3. The number of nitrogens with zero attached hydrogens (tertiary/aromatic N) is 4. The lowest BCUT2D eigenvalue weighted by Gasteiger charge is -2.25. The van der Waals surface area contributed by atoms with E-state index in [2.05, 4.69) is 10.2 Å². The average Bonchev–Trinajstić information content (AvgIpc) is 3.27. The second-order valence-corrected chi connectivity index (χ2v) is 10.4. The summed E-state index contributed by atoms with van der Waals surface area (Å²) < 4.78 is 5.51. The van der Waals surface area contributed by atoms with Crippen molar-refractivity contribution in [3.8, 4) is 0 Å². The first-order chi connectivity index (χ1) is 17.2. The molecule has 7 nitrogen and oxygen atoms in total. The highest BCUT2D eigenvalue weighted by molar-refractivity contribution is 7.19. The number of benzene rings is 1. The van der Waals surface area contributed by atoms with E-state index in [4.69, 9.17) is 14.7 Å². The zero-order valence-corrected chi connectivity index (χ0v) is 21.6. The van der Waals surface area contributed by atoms with Gasteiger partial charge in [-0.15, -0.1) is 11.3 Å². The Bertz CT molecular complexity index is 1170. The molecule has 3 aromatic rings. The summed E-state index contributed by atoms with van der Waals surface area (Å²) in [6.07, 6.45) is 4.75. The molecule has 8 heteroatoms.